The summed E-state index contributed by atoms with van der Waals surface area (Å²) >= 11 is 5.16. The number of anilines is 1. The van der Waals surface area contributed by atoms with E-state index in [4.69, 9.17) is 24.9 Å². The molecular formula is C30H38BrN7O5S. The van der Waals surface area contributed by atoms with Gasteiger partial charge in [-0.3, -0.25) is 9.69 Å². The van der Waals surface area contributed by atoms with Gasteiger partial charge in [0.25, 0.3) is 0 Å². The van der Waals surface area contributed by atoms with E-state index in [2.05, 4.69) is 30.5 Å². The summed E-state index contributed by atoms with van der Waals surface area (Å²) in [7, 11) is 0. The number of aryl methyl sites for hydroxylation is 1. The largest absolute Gasteiger partial charge is 0.454 e. The van der Waals surface area contributed by atoms with Gasteiger partial charge in [-0.2, -0.15) is 0 Å². The molecule has 0 saturated carbocycles. The van der Waals surface area contributed by atoms with Crippen LogP contribution < -0.4 is 15.2 Å². The average Bonchev–Trinajstić information content (AvgIpc) is 3.59. The summed E-state index contributed by atoms with van der Waals surface area (Å²) in [5.41, 5.74) is 6.86. The van der Waals surface area contributed by atoms with Crippen molar-refractivity contribution in [2.24, 2.45) is 5.92 Å². The van der Waals surface area contributed by atoms with Gasteiger partial charge in [0.15, 0.2) is 33.6 Å². The van der Waals surface area contributed by atoms with Crippen LogP contribution in [0.5, 0.6) is 11.5 Å². The number of nitrogens with zero attached hydrogens (tertiary/aromatic N) is 6. The molecule has 5 heterocycles. The Morgan fingerprint density at radius 3 is 2.59 bits per heavy atom. The number of halogens is 1. The third kappa shape index (κ3) is 6.56. The first-order chi connectivity index (χ1) is 21.1. The van der Waals surface area contributed by atoms with Gasteiger partial charge < -0.3 is 29.4 Å². The molecule has 3 aromatic rings. The number of hydrogen-bond acceptors (Lipinski definition) is 10. The van der Waals surface area contributed by atoms with Crippen molar-refractivity contribution in [3.05, 3.63) is 22.9 Å². The predicted octanol–water partition coefficient (Wildman–Crippen LogP) is 5.47. The van der Waals surface area contributed by atoms with E-state index in [9.17, 15) is 9.59 Å². The van der Waals surface area contributed by atoms with Crippen molar-refractivity contribution < 1.29 is 23.8 Å². The number of carbonyl (C=O) groups is 2. The highest BCUT2D eigenvalue weighted by Gasteiger charge is 2.38. The Balaban J connectivity index is 1.11. The number of aromatic nitrogens is 4. The Bertz CT molecular complexity index is 1550. The Morgan fingerprint density at radius 1 is 1.09 bits per heavy atom. The lowest BCUT2D eigenvalue weighted by Gasteiger charge is -2.40. The van der Waals surface area contributed by atoms with Crippen LogP contribution in [0.4, 0.5) is 10.6 Å². The van der Waals surface area contributed by atoms with Crippen LogP contribution in [-0.4, -0.2) is 79.4 Å². The number of nitrogen functional groups attached to an aromatic ring is 1. The van der Waals surface area contributed by atoms with E-state index < -0.39 is 17.7 Å². The summed E-state index contributed by atoms with van der Waals surface area (Å²) in [6.45, 7) is 8.35. The van der Waals surface area contributed by atoms with Crippen molar-refractivity contribution >= 4 is 56.7 Å². The molecule has 6 rings (SSSR count). The first kappa shape index (κ1) is 30.8. The number of carbonyl (C=O) groups excluding carboxylic acids is 2. The van der Waals surface area contributed by atoms with E-state index in [0.29, 0.717) is 67.0 Å². The van der Waals surface area contributed by atoms with Crippen LogP contribution in [0.25, 0.3) is 11.2 Å². The SMILES string of the molecule is CC(C)(C)OC(=O)N1CCCCC1C(=O)N1CCC(CCn2c(Sc3cc4c(cc3Br)OCO4)nc3c(N)ncnc32)CC1. The van der Waals surface area contributed by atoms with E-state index in [0.717, 1.165) is 46.6 Å². The molecule has 14 heteroatoms. The molecular weight excluding hydrogens is 650 g/mol. The van der Waals surface area contributed by atoms with Gasteiger partial charge in [-0.1, -0.05) is 11.8 Å². The van der Waals surface area contributed by atoms with Gasteiger partial charge in [-0.15, -0.1) is 0 Å². The molecule has 2 aromatic heterocycles. The molecule has 2 fully saturated rings. The molecule has 2 saturated heterocycles. The van der Waals surface area contributed by atoms with Crippen LogP contribution in [0.15, 0.2) is 33.0 Å². The molecule has 44 heavy (non-hydrogen) atoms. The van der Waals surface area contributed by atoms with E-state index in [1.165, 1.54) is 18.1 Å². The molecule has 12 nitrogen and oxygen atoms in total. The summed E-state index contributed by atoms with van der Waals surface area (Å²) in [6, 6.07) is 3.40. The zero-order chi connectivity index (χ0) is 31.0. The first-order valence-corrected chi connectivity index (χ1v) is 16.7. The van der Waals surface area contributed by atoms with Gasteiger partial charge in [-0.05, 0) is 93.3 Å². The van der Waals surface area contributed by atoms with E-state index in [1.807, 2.05) is 37.8 Å². The molecule has 3 aliphatic rings. The fourth-order valence-corrected chi connectivity index (χ4v) is 7.49. The summed E-state index contributed by atoms with van der Waals surface area (Å²) < 4.78 is 19.7. The number of ether oxygens (including phenoxy) is 3. The predicted molar refractivity (Wildman–Crippen MR) is 169 cm³/mol. The smallest absolute Gasteiger partial charge is 0.410 e. The average molecular weight is 689 g/mol. The molecule has 0 aliphatic carbocycles. The van der Waals surface area contributed by atoms with Gasteiger partial charge in [-0.25, -0.2) is 19.7 Å². The van der Waals surface area contributed by atoms with Crippen molar-refractivity contribution in [2.75, 3.05) is 32.2 Å². The van der Waals surface area contributed by atoms with Gasteiger partial charge in [0, 0.05) is 35.5 Å². The minimum atomic E-state index is -0.599. The number of hydrogen-bond donors (Lipinski definition) is 1. The fourth-order valence-electron chi connectivity index (χ4n) is 5.98. The maximum Gasteiger partial charge on any atom is 0.410 e. The van der Waals surface area contributed by atoms with Crippen LogP contribution in [0.3, 0.4) is 0 Å². The van der Waals surface area contributed by atoms with Crippen LogP contribution >= 0.6 is 27.7 Å². The Labute approximate surface area is 269 Å². The molecule has 1 unspecified atom stereocenters. The van der Waals surface area contributed by atoms with Crippen molar-refractivity contribution in [1.82, 2.24) is 29.3 Å². The normalized spacial score (nSPS) is 19.0. The number of amides is 2. The van der Waals surface area contributed by atoms with Gasteiger partial charge >= 0.3 is 6.09 Å². The zero-order valence-corrected chi connectivity index (χ0v) is 27.7. The summed E-state index contributed by atoms with van der Waals surface area (Å²) in [5.74, 6) is 2.21. The quantitative estimate of drug-likeness (QED) is 0.355. The second-order valence-corrected chi connectivity index (χ2v) is 14.3. The Hall–Kier alpha value is -3.26. The maximum absolute atomic E-state index is 13.6. The molecule has 3 aliphatic heterocycles. The molecule has 2 amide bonds. The minimum Gasteiger partial charge on any atom is -0.454 e. The highest BCUT2D eigenvalue weighted by Crippen LogP contribution is 2.43. The first-order valence-electron chi connectivity index (χ1n) is 15.1. The zero-order valence-electron chi connectivity index (χ0n) is 25.3. The third-order valence-corrected chi connectivity index (χ3v) is 10.2. The van der Waals surface area contributed by atoms with Crippen LogP contribution in [0.2, 0.25) is 0 Å². The number of nitrogens with two attached hydrogens (primary N) is 1. The van der Waals surface area contributed by atoms with Crippen LogP contribution in [0.1, 0.15) is 59.3 Å². The second-order valence-electron chi connectivity index (χ2n) is 12.5. The topological polar surface area (TPSA) is 138 Å². The lowest BCUT2D eigenvalue weighted by atomic mass is 9.92. The standard InChI is InChI=1S/C30H38BrN7O5S/c1-30(2,3)43-29(40)37-10-5-4-6-20(37)27(39)36-11-7-18(8-12-36)9-13-38-26-24(25(32)33-16-34-26)35-28(38)44-23-15-22-21(14-19(23)31)41-17-42-22/h14-16,18,20H,4-13,17H2,1-3H3,(H2,32,33,34). The Kier molecular flexibility index (Phi) is 8.82. The molecule has 0 spiro atoms. The highest BCUT2D eigenvalue weighted by molar-refractivity contribution is 9.10. The number of fused-ring (bicyclic) bond motifs is 2. The maximum atomic E-state index is 13.6. The van der Waals surface area contributed by atoms with E-state index in [-0.39, 0.29) is 12.7 Å². The van der Waals surface area contributed by atoms with Crippen molar-refractivity contribution in [3.63, 3.8) is 0 Å². The Morgan fingerprint density at radius 2 is 1.84 bits per heavy atom. The third-order valence-electron chi connectivity index (χ3n) is 8.26. The van der Waals surface area contributed by atoms with Crippen molar-refractivity contribution in [2.45, 2.75) is 87.5 Å². The summed E-state index contributed by atoms with van der Waals surface area (Å²) in [5, 5.41) is 0.763. The molecule has 1 atom stereocenters. The van der Waals surface area contributed by atoms with Gasteiger partial charge in [0.1, 0.15) is 18.0 Å². The fraction of sp³-hybridized carbons (Fsp3) is 0.567. The van der Waals surface area contributed by atoms with Crippen molar-refractivity contribution in [1.29, 1.82) is 0 Å². The van der Waals surface area contributed by atoms with E-state index >= 15 is 0 Å². The number of benzene rings is 1. The molecule has 2 N–H and O–H groups in total. The minimum absolute atomic E-state index is 0.0368. The number of rotatable bonds is 6. The van der Waals surface area contributed by atoms with Gasteiger partial charge in [0.2, 0.25) is 12.7 Å². The van der Waals surface area contributed by atoms with Gasteiger partial charge in [0.05, 0.1) is 0 Å². The van der Waals surface area contributed by atoms with Crippen molar-refractivity contribution in [3.8, 4) is 11.5 Å². The summed E-state index contributed by atoms with van der Waals surface area (Å²) in [6.07, 6.45) is 6.26. The van der Waals surface area contributed by atoms with E-state index in [1.54, 1.807) is 4.90 Å². The number of likely N-dealkylation sites (tertiary alicyclic amines) is 2. The van der Waals surface area contributed by atoms with Crippen LogP contribution in [0, 0.1) is 5.92 Å². The lowest BCUT2D eigenvalue weighted by molar-refractivity contribution is -0.139. The number of piperidine rings is 2. The highest BCUT2D eigenvalue weighted by atomic mass is 79.9. The van der Waals surface area contributed by atoms with Crippen LogP contribution in [-0.2, 0) is 16.1 Å². The molecule has 236 valence electrons. The molecule has 0 radical (unpaired) electrons. The molecule has 1 aromatic carbocycles. The summed E-state index contributed by atoms with van der Waals surface area (Å²) in [4.78, 5) is 44.5. The monoisotopic (exact) mass is 687 g/mol. The lowest BCUT2D eigenvalue weighted by Crippen LogP contribution is -2.55. The second kappa shape index (κ2) is 12.6. The molecule has 0 bridgehead atoms. The number of imidazole rings is 1.